The van der Waals surface area contributed by atoms with Gasteiger partial charge >= 0.3 is 0 Å². The first kappa shape index (κ1) is 18.4. The molecule has 0 fully saturated rings. The van der Waals surface area contributed by atoms with Gasteiger partial charge in [-0.05, 0) is 23.8 Å². The molecule has 0 aliphatic rings. The van der Waals surface area contributed by atoms with Gasteiger partial charge in [-0.2, -0.15) is 0 Å². The second-order valence-corrected chi connectivity index (χ2v) is 7.72. The van der Waals surface area contributed by atoms with Crippen LogP contribution in [0.25, 0.3) is 16.9 Å². The van der Waals surface area contributed by atoms with Gasteiger partial charge in [0.05, 0.1) is 11.9 Å². The summed E-state index contributed by atoms with van der Waals surface area (Å²) in [5, 5.41) is 0.999. The maximum atomic E-state index is 4.77. The minimum atomic E-state index is 0.867. The molecule has 140 valence electrons. The Morgan fingerprint density at radius 3 is 2.18 bits per heavy atom. The van der Waals surface area contributed by atoms with E-state index < -0.39 is 0 Å². The van der Waals surface area contributed by atoms with Crippen LogP contribution < -0.4 is 4.90 Å². The van der Waals surface area contributed by atoms with Gasteiger partial charge in [0, 0.05) is 36.8 Å². The number of rotatable bonds is 6. The van der Waals surface area contributed by atoms with E-state index in [1.165, 1.54) is 16.8 Å². The summed E-state index contributed by atoms with van der Waals surface area (Å²) in [7, 11) is 4.17. The van der Waals surface area contributed by atoms with Crippen LogP contribution in [0.2, 0.25) is 0 Å². The molecule has 0 saturated carbocycles. The first-order valence-electron chi connectivity index (χ1n) is 9.30. The molecule has 1 heterocycles. The standard InChI is InChI=1S/C24H23N3S/c1-26(2)22-16-10-9-13-20(22)18-28-24-25-17-23(19-11-5-3-6-12-19)27(24)21-14-7-4-8-15-21/h3-17H,18H2,1-2H3. The van der Waals surface area contributed by atoms with Crippen LogP contribution in [0.1, 0.15) is 5.56 Å². The van der Waals surface area contributed by atoms with E-state index in [0.29, 0.717) is 0 Å². The molecule has 0 aliphatic heterocycles. The van der Waals surface area contributed by atoms with Gasteiger partial charge in [-0.1, -0.05) is 78.5 Å². The van der Waals surface area contributed by atoms with E-state index >= 15 is 0 Å². The number of hydrogen-bond acceptors (Lipinski definition) is 3. The molecule has 4 aromatic rings. The summed E-state index contributed by atoms with van der Waals surface area (Å²) in [6.07, 6.45) is 1.97. The molecule has 0 amide bonds. The third-order valence-electron chi connectivity index (χ3n) is 4.64. The molecule has 0 bridgehead atoms. The highest BCUT2D eigenvalue weighted by Gasteiger charge is 2.15. The van der Waals surface area contributed by atoms with Crippen LogP contribution >= 0.6 is 11.8 Å². The van der Waals surface area contributed by atoms with Gasteiger partial charge in [-0.15, -0.1) is 0 Å². The Morgan fingerprint density at radius 1 is 0.821 bits per heavy atom. The Kier molecular flexibility index (Phi) is 5.49. The van der Waals surface area contributed by atoms with Crippen molar-refractivity contribution in [3.8, 4) is 16.9 Å². The van der Waals surface area contributed by atoms with E-state index in [4.69, 9.17) is 4.98 Å². The van der Waals surface area contributed by atoms with Gasteiger partial charge in [0.15, 0.2) is 5.16 Å². The van der Waals surface area contributed by atoms with E-state index in [1.807, 2.05) is 18.3 Å². The van der Waals surface area contributed by atoms with E-state index in [2.05, 4.69) is 96.4 Å². The summed E-state index contributed by atoms with van der Waals surface area (Å²) < 4.78 is 2.25. The summed E-state index contributed by atoms with van der Waals surface area (Å²) in [4.78, 5) is 6.93. The van der Waals surface area contributed by atoms with Crippen molar-refractivity contribution < 1.29 is 0 Å². The quantitative estimate of drug-likeness (QED) is 0.386. The van der Waals surface area contributed by atoms with Gasteiger partial charge in [-0.3, -0.25) is 4.57 Å². The lowest BCUT2D eigenvalue weighted by Gasteiger charge is -2.17. The molecule has 1 aromatic heterocycles. The van der Waals surface area contributed by atoms with E-state index in [0.717, 1.165) is 22.3 Å². The summed E-state index contributed by atoms with van der Waals surface area (Å²) in [5.74, 6) is 0.867. The van der Waals surface area contributed by atoms with Crippen molar-refractivity contribution in [1.82, 2.24) is 9.55 Å². The summed E-state index contributed by atoms with van der Waals surface area (Å²) in [6.45, 7) is 0. The fourth-order valence-electron chi connectivity index (χ4n) is 3.29. The summed E-state index contributed by atoms with van der Waals surface area (Å²) in [6, 6.07) is 29.4. The highest BCUT2D eigenvalue weighted by Crippen LogP contribution is 2.33. The van der Waals surface area contributed by atoms with Crippen molar-refractivity contribution in [2.75, 3.05) is 19.0 Å². The third-order valence-corrected chi connectivity index (χ3v) is 5.65. The zero-order valence-corrected chi connectivity index (χ0v) is 16.9. The molecule has 4 heteroatoms. The van der Waals surface area contributed by atoms with Gasteiger partial charge in [-0.25, -0.2) is 4.98 Å². The molecule has 0 unspecified atom stereocenters. The Hall–Kier alpha value is -2.98. The number of para-hydroxylation sites is 2. The average molecular weight is 386 g/mol. The van der Waals surface area contributed by atoms with Crippen LogP contribution in [0.15, 0.2) is 96.3 Å². The van der Waals surface area contributed by atoms with Crippen molar-refractivity contribution in [2.24, 2.45) is 0 Å². The number of hydrogen-bond donors (Lipinski definition) is 0. The minimum Gasteiger partial charge on any atom is -0.377 e. The van der Waals surface area contributed by atoms with Crippen LogP contribution in [0.4, 0.5) is 5.69 Å². The monoisotopic (exact) mass is 385 g/mol. The first-order chi connectivity index (χ1) is 13.7. The van der Waals surface area contributed by atoms with Crippen molar-refractivity contribution in [1.29, 1.82) is 0 Å². The number of nitrogens with zero attached hydrogens (tertiary/aromatic N) is 3. The second-order valence-electron chi connectivity index (χ2n) is 6.77. The Labute approximate surface area is 170 Å². The number of thioether (sulfide) groups is 1. The molecular formula is C24H23N3S. The second kappa shape index (κ2) is 8.36. The highest BCUT2D eigenvalue weighted by molar-refractivity contribution is 7.98. The van der Waals surface area contributed by atoms with Gasteiger partial charge < -0.3 is 4.90 Å². The fourth-order valence-corrected chi connectivity index (χ4v) is 4.28. The van der Waals surface area contributed by atoms with Crippen LogP contribution in [0.3, 0.4) is 0 Å². The molecule has 3 nitrogen and oxygen atoms in total. The van der Waals surface area contributed by atoms with Gasteiger partial charge in [0.2, 0.25) is 0 Å². The topological polar surface area (TPSA) is 21.1 Å². The summed E-state index contributed by atoms with van der Waals surface area (Å²) >= 11 is 1.77. The molecule has 0 aliphatic carbocycles. The molecule has 0 saturated heterocycles. The van der Waals surface area contributed by atoms with Gasteiger partial charge in [0.1, 0.15) is 0 Å². The average Bonchev–Trinajstić information content (AvgIpc) is 3.17. The molecule has 0 radical (unpaired) electrons. The maximum absolute atomic E-state index is 4.77. The zero-order chi connectivity index (χ0) is 19.3. The minimum absolute atomic E-state index is 0.867. The van der Waals surface area contributed by atoms with E-state index in [-0.39, 0.29) is 0 Å². The molecule has 0 atom stereocenters. The fraction of sp³-hybridized carbons (Fsp3) is 0.125. The van der Waals surface area contributed by atoms with Crippen LogP contribution in [-0.4, -0.2) is 23.6 Å². The zero-order valence-electron chi connectivity index (χ0n) is 16.1. The number of benzene rings is 3. The number of imidazole rings is 1. The Morgan fingerprint density at radius 2 is 1.46 bits per heavy atom. The number of aromatic nitrogens is 2. The molecule has 28 heavy (non-hydrogen) atoms. The lowest BCUT2D eigenvalue weighted by Crippen LogP contribution is -2.10. The van der Waals surface area contributed by atoms with Crippen LogP contribution in [-0.2, 0) is 5.75 Å². The van der Waals surface area contributed by atoms with Crippen molar-refractivity contribution in [2.45, 2.75) is 10.9 Å². The predicted molar refractivity (Wildman–Crippen MR) is 119 cm³/mol. The largest absolute Gasteiger partial charge is 0.377 e. The van der Waals surface area contributed by atoms with E-state index in [1.54, 1.807) is 11.8 Å². The lowest BCUT2D eigenvalue weighted by molar-refractivity contribution is 0.900. The molecule has 3 aromatic carbocycles. The Balaban J connectivity index is 1.71. The van der Waals surface area contributed by atoms with Crippen molar-refractivity contribution in [3.05, 3.63) is 96.7 Å². The van der Waals surface area contributed by atoms with Crippen LogP contribution in [0, 0.1) is 0 Å². The normalized spacial score (nSPS) is 10.8. The third kappa shape index (κ3) is 3.82. The summed E-state index contributed by atoms with van der Waals surface area (Å²) in [5.41, 5.74) is 5.95. The van der Waals surface area contributed by atoms with E-state index in [9.17, 15) is 0 Å². The predicted octanol–water partition coefficient (Wildman–Crippen LogP) is 5.90. The number of anilines is 1. The van der Waals surface area contributed by atoms with Crippen molar-refractivity contribution in [3.63, 3.8) is 0 Å². The molecular weight excluding hydrogens is 362 g/mol. The molecule has 4 rings (SSSR count). The smallest absolute Gasteiger partial charge is 0.173 e. The maximum Gasteiger partial charge on any atom is 0.173 e. The SMILES string of the molecule is CN(C)c1ccccc1CSc1ncc(-c2ccccc2)n1-c1ccccc1. The first-order valence-corrected chi connectivity index (χ1v) is 10.3. The molecule has 0 spiro atoms. The molecule has 0 N–H and O–H groups in total. The lowest BCUT2D eigenvalue weighted by atomic mass is 10.1. The highest BCUT2D eigenvalue weighted by atomic mass is 32.2. The van der Waals surface area contributed by atoms with Crippen LogP contribution in [0.5, 0.6) is 0 Å². The Bertz CT molecular complexity index is 1040. The van der Waals surface area contributed by atoms with Crippen molar-refractivity contribution >= 4 is 17.4 Å². The van der Waals surface area contributed by atoms with Gasteiger partial charge in [0.25, 0.3) is 0 Å².